The van der Waals surface area contributed by atoms with Crippen molar-refractivity contribution in [1.29, 1.82) is 0 Å². The minimum absolute atomic E-state index is 0.139. The lowest BCUT2D eigenvalue weighted by atomic mass is 10.1. The highest BCUT2D eigenvalue weighted by Gasteiger charge is 2.03. The summed E-state index contributed by atoms with van der Waals surface area (Å²) in [5.41, 5.74) is 2.50. The van der Waals surface area contributed by atoms with Crippen LogP contribution < -0.4 is 5.32 Å². The van der Waals surface area contributed by atoms with E-state index in [0.29, 0.717) is 0 Å². The van der Waals surface area contributed by atoms with Crippen LogP contribution >= 0.6 is 27.3 Å². The molecule has 0 amide bonds. The third-order valence-corrected chi connectivity index (χ3v) is 4.24. The first-order chi connectivity index (χ1) is 9.15. The second-order valence-corrected chi connectivity index (χ2v) is 6.40. The van der Waals surface area contributed by atoms with Gasteiger partial charge in [0.05, 0.1) is 8.71 Å². The van der Waals surface area contributed by atoms with Gasteiger partial charge >= 0.3 is 0 Å². The molecule has 2 aromatic rings. The minimum atomic E-state index is -0.379. The van der Waals surface area contributed by atoms with Crippen LogP contribution in [-0.4, -0.2) is 11.5 Å². The number of hydrogen-bond acceptors (Lipinski definition) is 4. The van der Waals surface area contributed by atoms with Crippen molar-refractivity contribution in [3.63, 3.8) is 0 Å². The lowest BCUT2D eigenvalue weighted by Gasteiger charge is -2.03. The summed E-state index contributed by atoms with van der Waals surface area (Å²) < 4.78 is 1.14. The SMILES string of the molecule is O=[N+]([O-])c1ccc(CCNCc2csc(Br)c2)cc1. The Kier molecular flexibility index (Phi) is 5.07. The van der Waals surface area contributed by atoms with Crippen LogP contribution in [0.1, 0.15) is 11.1 Å². The van der Waals surface area contributed by atoms with Gasteiger partial charge < -0.3 is 5.32 Å². The van der Waals surface area contributed by atoms with Crippen molar-refractivity contribution in [2.45, 2.75) is 13.0 Å². The number of hydrogen-bond donors (Lipinski definition) is 1. The number of nitro benzene ring substituents is 1. The lowest BCUT2D eigenvalue weighted by molar-refractivity contribution is -0.384. The first kappa shape index (κ1) is 14.2. The van der Waals surface area contributed by atoms with Crippen molar-refractivity contribution in [2.75, 3.05) is 6.54 Å². The van der Waals surface area contributed by atoms with Gasteiger partial charge in [-0.15, -0.1) is 11.3 Å². The predicted molar refractivity (Wildman–Crippen MR) is 80.5 cm³/mol. The molecule has 1 aromatic carbocycles. The quantitative estimate of drug-likeness (QED) is 0.495. The van der Waals surface area contributed by atoms with Crippen LogP contribution in [0.25, 0.3) is 0 Å². The monoisotopic (exact) mass is 340 g/mol. The standard InChI is InChI=1S/C13H13BrN2O2S/c14-13-7-11(9-19-13)8-15-6-5-10-1-3-12(4-2-10)16(17)18/h1-4,7,9,15H,5-6,8H2. The number of benzene rings is 1. The van der Waals surface area contributed by atoms with Crippen molar-refractivity contribution in [3.8, 4) is 0 Å². The first-order valence-electron chi connectivity index (χ1n) is 5.82. The van der Waals surface area contributed by atoms with Gasteiger partial charge in [-0.2, -0.15) is 0 Å². The molecule has 4 nitrogen and oxygen atoms in total. The molecule has 0 unspecified atom stereocenters. The summed E-state index contributed by atoms with van der Waals surface area (Å²) in [6.07, 6.45) is 0.864. The Morgan fingerprint density at radius 1 is 1.26 bits per heavy atom. The summed E-state index contributed by atoms with van der Waals surface area (Å²) in [5.74, 6) is 0. The van der Waals surface area contributed by atoms with Gasteiger partial charge in [0.15, 0.2) is 0 Å². The summed E-state index contributed by atoms with van der Waals surface area (Å²) in [6.45, 7) is 1.69. The molecule has 1 N–H and O–H groups in total. The van der Waals surface area contributed by atoms with E-state index in [1.807, 2.05) is 0 Å². The molecular weight excluding hydrogens is 328 g/mol. The maximum Gasteiger partial charge on any atom is 0.269 e. The highest BCUT2D eigenvalue weighted by molar-refractivity contribution is 9.11. The smallest absolute Gasteiger partial charge is 0.269 e. The molecule has 100 valence electrons. The summed E-state index contributed by atoms with van der Waals surface area (Å²) in [7, 11) is 0. The van der Waals surface area contributed by atoms with Crippen molar-refractivity contribution in [1.82, 2.24) is 5.32 Å². The highest BCUT2D eigenvalue weighted by atomic mass is 79.9. The number of nitrogens with zero attached hydrogens (tertiary/aromatic N) is 1. The molecule has 0 atom stereocenters. The predicted octanol–water partition coefficient (Wildman–Crippen LogP) is 3.75. The van der Waals surface area contributed by atoms with Crippen molar-refractivity contribution in [2.24, 2.45) is 0 Å². The van der Waals surface area contributed by atoms with Gasteiger partial charge in [0.2, 0.25) is 0 Å². The number of non-ortho nitro benzene ring substituents is 1. The Hall–Kier alpha value is -1.24. The molecule has 6 heteroatoms. The Morgan fingerprint density at radius 2 is 2.00 bits per heavy atom. The van der Waals surface area contributed by atoms with E-state index < -0.39 is 0 Å². The topological polar surface area (TPSA) is 55.2 Å². The largest absolute Gasteiger partial charge is 0.312 e. The van der Waals surface area contributed by atoms with Crippen LogP contribution in [0.15, 0.2) is 39.5 Å². The van der Waals surface area contributed by atoms with E-state index in [0.717, 1.165) is 28.9 Å². The Morgan fingerprint density at radius 3 is 2.58 bits per heavy atom. The fourth-order valence-electron chi connectivity index (χ4n) is 1.69. The van der Waals surface area contributed by atoms with Crippen molar-refractivity contribution >= 4 is 33.0 Å². The molecule has 1 aromatic heterocycles. The van der Waals surface area contributed by atoms with Crippen LogP contribution in [0, 0.1) is 10.1 Å². The van der Waals surface area contributed by atoms with E-state index >= 15 is 0 Å². The van der Waals surface area contributed by atoms with E-state index in [9.17, 15) is 10.1 Å². The van der Waals surface area contributed by atoms with Gasteiger partial charge in [-0.1, -0.05) is 12.1 Å². The number of nitrogens with one attached hydrogen (secondary N) is 1. The molecule has 0 saturated carbocycles. The van der Waals surface area contributed by atoms with Gasteiger partial charge in [-0.3, -0.25) is 10.1 Å². The van der Waals surface area contributed by atoms with Gasteiger partial charge in [0, 0.05) is 18.7 Å². The van der Waals surface area contributed by atoms with Gasteiger partial charge in [-0.25, -0.2) is 0 Å². The zero-order valence-electron chi connectivity index (χ0n) is 10.1. The molecule has 0 aliphatic carbocycles. The van der Waals surface area contributed by atoms with Crippen LogP contribution in [-0.2, 0) is 13.0 Å². The molecular formula is C13H13BrN2O2S. The van der Waals surface area contributed by atoms with Crippen molar-refractivity contribution < 1.29 is 4.92 Å². The maximum atomic E-state index is 10.5. The maximum absolute atomic E-state index is 10.5. The number of thiophene rings is 1. The average Bonchev–Trinajstić information content (AvgIpc) is 2.81. The molecule has 0 bridgehead atoms. The van der Waals surface area contributed by atoms with Gasteiger partial charge in [-0.05, 0) is 51.5 Å². The lowest BCUT2D eigenvalue weighted by Crippen LogP contribution is -2.16. The van der Waals surface area contributed by atoms with Crippen molar-refractivity contribution in [3.05, 3.63) is 60.7 Å². The number of nitro groups is 1. The molecule has 19 heavy (non-hydrogen) atoms. The molecule has 0 radical (unpaired) electrons. The van der Waals surface area contributed by atoms with E-state index in [2.05, 4.69) is 32.7 Å². The second kappa shape index (κ2) is 6.79. The van der Waals surface area contributed by atoms with Crippen LogP contribution in [0.5, 0.6) is 0 Å². The zero-order valence-corrected chi connectivity index (χ0v) is 12.5. The third-order valence-electron chi connectivity index (χ3n) is 2.69. The summed E-state index contributed by atoms with van der Waals surface area (Å²) in [6, 6.07) is 8.81. The normalized spacial score (nSPS) is 10.6. The van der Waals surface area contributed by atoms with Gasteiger partial charge in [0.1, 0.15) is 0 Å². The molecule has 0 spiro atoms. The summed E-state index contributed by atoms with van der Waals surface area (Å²) in [5, 5.41) is 16.0. The first-order valence-corrected chi connectivity index (χ1v) is 7.49. The zero-order chi connectivity index (χ0) is 13.7. The highest BCUT2D eigenvalue weighted by Crippen LogP contribution is 2.20. The molecule has 2 rings (SSSR count). The average molecular weight is 341 g/mol. The summed E-state index contributed by atoms with van der Waals surface area (Å²) in [4.78, 5) is 10.1. The van der Waals surface area contributed by atoms with Gasteiger partial charge in [0.25, 0.3) is 5.69 Å². The third kappa shape index (κ3) is 4.41. The molecule has 0 aliphatic heterocycles. The summed E-state index contributed by atoms with van der Waals surface area (Å²) >= 11 is 5.11. The van der Waals surface area contributed by atoms with Crippen LogP contribution in [0.2, 0.25) is 0 Å². The van der Waals surface area contributed by atoms with E-state index in [1.165, 1.54) is 5.56 Å². The van der Waals surface area contributed by atoms with E-state index in [-0.39, 0.29) is 10.6 Å². The molecule has 0 aliphatic rings. The molecule has 1 heterocycles. The fourth-order valence-corrected chi connectivity index (χ4v) is 2.90. The number of rotatable bonds is 6. The Labute approximate surface area is 123 Å². The second-order valence-electron chi connectivity index (χ2n) is 4.11. The fraction of sp³-hybridized carbons (Fsp3) is 0.231. The van der Waals surface area contributed by atoms with Crippen LogP contribution in [0.3, 0.4) is 0 Å². The number of halogens is 1. The van der Waals surface area contributed by atoms with E-state index in [4.69, 9.17) is 0 Å². The Balaban J connectivity index is 1.75. The van der Waals surface area contributed by atoms with Crippen LogP contribution in [0.4, 0.5) is 5.69 Å². The molecule has 0 saturated heterocycles. The minimum Gasteiger partial charge on any atom is -0.312 e. The molecule has 0 fully saturated rings. The van der Waals surface area contributed by atoms with E-state index in [1.54, 1.807) is 35.6 Å². The Bertz CT molecular complexity index is 554.